The van der Waals surface area contributed by atoms with E-state index in [1.54, 1.807) is 25.6 Å². The number of methoxy groups -OCH3 is 1. The maximum atomic E-state index is 12.4. The quantitative estimate of drug-likeness (QED) is 0.652. The zero-order chi connectivity index (χ0) is 17.2. The molecule has 0 aliphatic heterocycles. The Bertz CT molecular complexity index is 691. The van der Waals surface area contributed by atoms with Crippen LogP contribution in [0.25, 0.3) is 10.8 Å². The van der Waals surface area contributed by atoms with Crippen LogP contribution in [0.4, 0.5) is 0 Å². The van der Waals surface area contributed by atoms with E-state index in [4.69, 9.17) is 16.3 Å². The lowest BCUT2D eigenvalue weighted by Gasteiger charge is -2.28. The fourth-order valence-corrected chi connectivity index (χ4v) is 3.28. The number of pyridine rings is 2. The molecule has 2 heterocycles. The first kappa shape index (κ1) is 18.3. The predicted octanol–water partition coefficient (Wildman–Crippen LogP) is 3.79. The summed E-state index contributed by atoms with van der Waals surface area (Å²) in [5.41, 5.74) is 0.935. The van der Waals surface area contributed by atoms with Gasteiger partial charge in [-0.15, -0.1) is 4.72 Å². The van der Waals surface area contributed by atoms with Crippen LogP contribution in [0.5, 0.6) is 5.88 Å². The Labute approximate surface area is 145 Å². The van der Waals surface area contributed by atoms with E-state index in [9.17, 15) is 4.55 Å². The molecule has 1 N–H and O–H groups in total. The summed E-state index contributed by atoms with van der Waals surface area (Å²) in [4.78, 5) is 8.46. The third-order valence-corrected chi connectivity index (χ3v) is 5.33. The zero-order valence-corrected chi connectivity index (χ0v) is 15.6. The highest BCUT2D eigenvalue weighted by atomic mass is 35.5. The molecule has 126 valence electrons. The number of fused-ring (bicyclic) bond motifs is 1. The van der Waals surface area contributed by atoms with Gasteiger partial charge < -0.3 is 9.29 Å². The molecule has 0 unspecified atom stereocenters. The number of aromatic nitrogens is 2. The van der Waals surface area contributed by atoms with E-state index >= 15 is 0 Å². The molecule has 2 aromatic heterocycles. The summed E-state index contributed by atoms with van der Waals surface area (Å²) < 4.78 is 20.6. The van der Waals surface area contributed by atoms with Crippen LogP contribution in [0.2, 0.25) is 5.15 Å². The molecule has 0 bridgehead atoms. The van der Waals surface area contributed by atoms with Gasteiger partial charge in [0.1, 0.15) is 9.90 Å². The van der Waals surface area contributed by atoms with Crippen LogP contribution in [0.3, 0.4) is 0 Å². The van der Waals surface area contributed by atoms with Gasteiger partial charge in [-0.25, -0.2) is 9.97 Å². The Morgan fingerprint density at radius 2 is 2.00 bits per heavy atom. The number of rotatable bonds is 5. The third-order valence-electron chi connectivity index (χ3n) is 3.52. The van der Waals surface area contributed by atoms with Crippen molar-refractivity contribution in [2.45, 2.75) is 44.9 Å². The average Bonchev–Trinajstić information content (AvgIpc) is 2.50. The molecule has 2 rings (SSSR count). The zero-order valence-electron chi connectivity index (χ0n) is 14.0. The van der Waals surface area contributed by atoms with Gasteiger partial charge in [-0.3, -0.25) is 0 Å². The largest absolute Gasteiger partial charge is 0.598 e. The highest BCUT2D eigenvalue weighted by Crippen LogP contribution is 2.32. The van der Waals surface area contributed by atoms with Crippen LogP contribution in [0.15, 0.2) is 18.5 Å². The lowest BCUT2D eigenvalue weighted by molar-refractivity contribution is 0.402. The van der Waals surface area contributed by atoms with Gasteiger partial charge in [0, 0.05) is 29.3 Å². The second kappa shape index (κ2) is 7.21. The molecule has 0 spiro atoms. The molecular formula is C16H22ClN3O2S. The van der Waals surface area contributed by atoms with E-state index < -0.39 is 11.4 Å². The summed E-state index contributed by atoms with van der Waals surface area (Å²) in [6.45, 7) is 7.85. The number of hydrogen-bond donors (Lipinski definition) is 1. The second-order valence-electron chi connectivity index (χ2n) is 6.24. The molecule has 23 heavy (non-hydrogen) atoms. The number of halogens is 1. The van der Waals surface area contributed by atoms with E-state index in [0.717, 1.165) is 22.8 Å². The molecule has 0 radical (unpaired) electrons. The Kier molecular flexibility index (Phi) is 5.73. The fourth-order valence-electron chi connectivity index (χ4n) is 2.22. The van der Waals surface area contributed by atoms with E-state index in [1.165, 1.54) is 0 Å². The molecule has 0 aromatic carbocycles. The molecule has 2 atom stereocenters. The van der Waals surface area contributed by atoms with Gasteiger partial charge in [-0.05, 0) is 38.6 Å². The number of ether oxygens (including phenoxy) is 1. The Morgan fingerprint density at radius 3 is 2.57 bits per heavy atom. The second-order valence-corrected chi connectivity index (χ2v) is 8.62. The first-order valence-electron chi connectivity index (χ1n) is 7.44. The van der Waals surface area contributed by atoms with Gasteiger partial charge in [0.25, 0.3) is 0 Å². The molecule has 5 nitrogen and oxygen atoms in total. The van der Waals surface area contributed by atoms with Crippen molar-refractivity contribution < 1.29 is 9.29 Å². The Hall–Kier alpha value is -1.08. The van der Waals surface area contributed by atoms with Crippen molar-refractivity contribution in [1.82, 2.24) is 14.7 Å². The summed E-state index contributed by atoms with van der Waals surface area (Å²) in [6, 6.07) is 1.69. The van der Waals surface area contributed by atoms with Crippen LogP contribution >= 0.6 is 11.6 Å². The van der Waals surface area contributed by atoms with E-state index in [0.29, 0.717) is 11.0 Å². The molecule has 0 fully saturated rings. The summed E-state index contributed by atoms with van der Waals surface area (Å²) in [5, 5.41) is 2.09. The van der Waals surface area contributed by atoms with Crippen molar-refractivity contribution in [1.29, 1.82) is 0 Å². The van der Waals surface area contributed by atoms with Crippen LogP contribution < -0.4 is 9.46 Å². The van der Waals surface area contributed by atoms with E-state index in [1.807, 2.05) is 27.7 Å². The normalized spacial score (nSPS) is 14.7. The lowest BCUT2D eigenvalue weighted by atomic mass is 10.0. The van der Waals surface area contributed by atoms with Crippen molar-refractivity contribution in [3.63, 3.8) is 0 Å². The van der Waals surface area contributed by atoms with Gasteiger partial charge in [0.05, 0.1) is 18.5 Å². The maximum Gasteiger partial charge on any atom is 0.222 e. The highest BCUT2D eigenvalue weighted by Gasteiger charge is 2.30. The van der Waals surface area contributed by atoms with Gasteiger partial charge >= 0.3 is 0 Å². The van der Waals surface area contributed by atoms with Crippen molar-refractivity contribution in [3.05, 3.63) is 29.2 Å². The molecule has 0 aliphatic carbocycles. The van der Waals surface area contributed by atoms with E-state index in [2.05, 4.69) is 14.7 Å². The summed E-state index contributed by atoms with van der Waals surface area (Å²) in [7, 11) is 1.57. The molecule has 0 amide bonds. The first-order valence-corrected chi connectivity index (χ1v) is 8.97. The molecule has 2 aromatic rings. The number of nitrogens with zero attached hydrogens (tertiary/aromatic N) is 2. The topological polar surface area (TPSA) is 70.1 Å². The lowest BCUT2D eigenvalue weighted by Crippen LogP contribution is -2.41. The summed E-state index contributed by atoms with van der Waals surface area (Å²) in [5.74, 6) is 0.500. The minimum Gasteiger partial charge on any atom is -0.598 e. The summed E-state index contributed by atoms with van der Waals surface area (Å²) >= 11 is 4.88. The van der Waals surface area contributed by atoms with Gasteiger partial charge in [-0.2, -0.15) is 0 Å². The minimum absolute atomic E-state index is 0.102. The van der Waals surface area contributed by atoms with Crippen LogP contribution in [0.1, 0.15) is 45.7 Å². The monoisotopic (exact) mass is 355 g/mol. The van der Waals surface area contributed by atoms with Crippen molar-refractivity contribution in [2.24, 2.45) is 0 Å². The average molecular weight is 356 g/mol. The molecule has 7 heteroatoms. The van der Waals surface area contributed by atoms with Crippen LogP contribution in [-0.2, 0) is 11.4 Å². The van der Waals surface area contributed by atoms with Crippen molar-refractivity contribution >= 4 is 33.7 Å². The van der Waals surface area contributed by atoms with Crippen molar-refractivity contribution in [2.75, 3.05) is 7.11 Å². The number of hydrogen-bond acceptors (Lipinski definition) is 5. The summed E-state index contributed by atoms with van der Waals surface area (Å²) in [6.07, 6.45) is 4.17. The molecule has 0 saturated heterocycles. The molecule has 0 aliphatic rings. The molecule has 0 saturated carbocycles. The smallest absolute Gasteiger partial charge is 0.222 e. The number of nitrogens with one attached hydrogen (secondary N) is 1. The standard InChI is InChI=1S/C16H22ClN3O2S/c1-6-13(20-23(21)16(2,3)4)11-8-19-15(22-5)12-9-18-14(17)7-10(11)12/h7-9,13,20H,6H2,1-5H3/t13-,23-/m0/s1. The first-order chi connectivity index (χ1) is 10.8. The Balaban J connectivity index is 2.50. The third kappa shape index (κ3) is 4.07. The minimum atomic E-state index is -1.18. The van der Waals surface area contributed by atoms with Gasteiger partial charge in [-0.1, -0.05) is 18.5 Å². The fraction of sp³-hybridized carbons (Fsp3) is 0.500. The predicted molar refractivity (Wildman–Crippen MR) is 95.2 cm³/mol. The van der Waals surface area contributed by atoms with Crippen LogP contribution in [-0.4, -0.2) is 26.4 Å². The van der Waals surface area contributed by atoms with Crippen molar-refractivity contribution in [3.8, 4) is 5.88 Å². The van der Waals surface area contributed by atoms with Gasteiger partial charge in [0.15, 0.2) is 0 Å². The SMILES string of the molecule is CC[C@H](N[S@@+]([O-])C(C)(C)C)c1cnc(OC)c2cnc(Cl)cc12. The Morgan fingerprint density at radius 1 is 1.30 bits per heavy atom. The highest BCUT2D eigenvalue weighted by molar-refractivity contribution is 7.90. The maximum absolute atomic E-state index is 12.4. The van der Waals surface area contributed by atoms with E-state index in [-0.39, 0.29) is 10.8 Å². The van der Waals surface area contributed by atoms with Gasteiger partial charge in [0.2, 0.25) is 5.88 Å². The molecular weight excluding hydrogens is 334 g/mol. The van der Waals surface area contributed by atoms with Crippen LogP contribution in [0, 0.1) is 0 Å².